The van der Waals surface area contributed by atoms with Gasteiger partial charge in [0.05, 0.1) is 25.5 Å². The number of benzene rings is 2. The number of aliphatic carboxylic acids is 1. The molecule has 0 aromatic heterocycles. The fraction of sp³-hybridized carbons (Fsp3) is 0.160. The van der Waals surface area contributed by atoms with E-state index in [0.717, 1.165) is 4.90 Å². The van der Waals surface area contributed by atoms with Gasteiger partial charge in [0.25, 0.3) is 11.8 Å². The number of imide groups is 2. The molecule has 0 radical (unpaired) electrons. The van der Waals surface area contributed by atoms with Crippen molar-refractivity contribution in [3.8, 4) is 11.5 Å². The predicted octanol–water partition coefficient (Wildman–Crippen LogP) is 2.34. The van der Waals surface area contributed by atoms with Gasteiger partial charge in [-0.2, -0.15) is 0 Å². The monoisotopic (exact) mass is 494 g/mol. The zero-order chi connectivity index (χ0) is 26.4. The first-order valence-corrected chi connectivity index (χ1v) is 10.5. The Morgan fingerprint density at radius 3 is 2.39 bits per heavy atom. The molecule has 0 atom stereocenters. The Kier molecular flexibility index (Phi) is 7.85. The highest BCUT2D eigenvalue weighted by molar-refractivity contribution is 6.39. The van der Waals surface area contributed by atoms with Gasteiger partial charge >= 0.3 is 18.0 Å². The minimum Gasteiger partial charge on any atom is -0.493 e. The number of carboxylic acids is 1. The molecule has 11 nitrogen and oxygen atoms in total. The summed E-state index contributed by atoms with van der Waals surface area (Å²) in [5, 5.41) is 11.1. The molecule has 2 aromatic carbocycles. The number of urea groups is 1. The number of carboxylic acid groups (broad SMARTS) is 1. The molecule has 0 spiro atoms. The van der Waals surface area contributed by atoms with Crippen LogP contribution in [-0.2, 0) is 25.5 Å². The number of nitrogens with one attached hydrogen (secondary N) is 1. The number of hydrogen-bond acceptors (Lipinski definition) is 8. The standard InChI is InChI=1S/C25H22N2O9/c1-4-5-16-10-14(12-19(34-2)21(16)36-13-20(28)29)11-18-22(30)26-25(33)27(23(18)31)17-8-6-15(7-9-17)24(32)35-3/h4,6-12H,1,5,13H2,2-3H3,(H,28,29)(H,26,30,33)/b18-11+. The smallest absolute Gasteiger partial charge is 0.341 e. The van der Waals surface area contributed by atoms with E-state index in [9.17, 15) is 24.0 Å². The maximum Gasteiger partial charge on any atom is 0.341 e. The molecule has 36 heavy (non-hydrogen) atoms. The van der Waals surface area contributed by atoms with Crippen molar-refractivity contribution >= 4 is 41.5 Å². The van der Waals surface area contributed by atoms with Gasteiger partial charge in [0.1, 0.15) is 5.57 Å². The molecular weight excluding hydrogens is 472 g/mol. The highest BCUT2D eigenvalue weighted by Gasteiger charge is 2.37. The maximum absolute atomic E-state index is 13.2. The van der Waals surface area contributed by atoms with Crippen molar-refractivity contribution in [2.75, 3.05) is 25.7 Å². The second-order valence-electron chi connectivity index (χ2n) is 7.38. The Labute approximate surface area is 205 Å². The number of esters is 1. The summed E-state index contributed by atoms with van der Waals surface area (Å²) in [4.78, 5) is 61.6. The van der Waals surface area contributed by atoms with Crippen molar-refractivity contribution in [2.24, 2.45) is 0 Å². The molecule has 186 valence electrons. The number of allylic oxidation sites excluding steroid dienone is 1. The number of nitrogens with zero attached hydrogens (tertiary/aromatic N) is 1. The number of barbiturate groups is 1. The molecule has 4 amide bonds. The SMILES string of the molecule is C=CCc1cc(/C=C2\C(=O)NC(=O)N(c3ccc(C(=O)OC)cc3)C2=O)cc(OC)c1OCC(=O)O. The quantitative estimate of drug-likeness (QED) is 0.232. The fourth-order valence-corrected chi connectivity index (χ4v) is 3.45. The molecule has 0 bridgehead atoms. The van der Waals surface area contributed by atoms with E-state index < -0.39 is 36.4 Å². The van der Waals surface area contributed by atoms with Crippen molar-refractivity contribution < 1.29 is 43.3 Å². The van der Waals surface area contributed by atoms with Gasteiger partial charge in [-0.1, -0.05) is 6.08 Å². The highest BCUT2D eigenvalue weighted by Crippen LogP contribution is 2.35. The van der Waals surface area contributed by atoms with E-state index in [2.05, 4.69) is 16.6 Å². The Morgan fingerprint density at radius 2 is 1.81 bits per heavy atom. The molecule has 3 rings (SSSR count). The van der Waals surface area contributed by atoms with Crippen LogP contribution in [-0.4, -0.2) is 55.7 Å². The zero-order valence-corrected chi connectivity index (χ0v) is 19.4. The van der Waals surface area contributed by atoms with Crippen LogP contribution in [0.5, 0.6) is 11.5 Å². The number of methoxy groups -OCH3 is 2. The van der Waals surface area contributed by atoms with Crippen molar-refractivity contribution in [1.82, 2.24) is 5.32 Å². The van der Waals surface area contributed by atoms with Gasteiger partial charge in [-0.25, -0.2) is 19.3 Å². The van der Waals surface area contributed by atoms with E-state index in [1.54, 1.807) is 12.1 Å². The van der Waals surface area contributed by atoms with Crippen molar-refractivity contribution in [1.29, 1.82) is 0 Å². The lowest BCUT2D eigenvalue weighted by Gasteiger charge is -2.26. The molecule has 11 heteroatoms. The van der Waals surface area contributed by atoms with Crippen LogP contribution in [0.3, 0.4) is 0 Å². The number of hydrogen-bond donors (Lipinski definition) is 2. The Balaban J connectivity index is 2.02. The van der Waals surface area contributed by atoms with Crippen LogP contribution in [0.15, 0.2) is 54.6 Å². The van der Waals surface area contributed by atoms with Crippen LogP contribution < -0.4 is 19.7 Å². The van der Waals surface area contributed by atoms with Crippen LogP contribution in [0.4, 0.5) is 10.5 Å². The van der Waals surface area contributed by atoms with Gasteiger partial charge in [-0.3, -0.25) is 14.9 Å². The summed E-state index contributed by atoms with van der Waals surface area (Å²) in [5.74, 6) is -3.19. The molecule has 0 aliphatic carbocycles. The van der Waals surface area contributed by atoms with Crippen LogP contribution in [0.2, 0.25) is 0 Å². The van der Waals surface area contributed by atoms with Gasteiger partial charge in [0.15, 0.2) is 18.1 Å². The van der Waals surface area contributed by atoms with Crippen LogP contribution in [0.1, 0.15) is 21.5 Å². The molecular formula is C25H22N2O9. The summed E-state index contributed by atoms with van der Waals surface area (Å²) in [6.45, 7) is 3.07. The van der Waals surface area contributed by atoms with Crippen molar-refractivity contribution in [3.63, 3.8) is 0 Å². The first-order chi connectivity index (χ1) is 17.2. The second kappa shape index (κ2) is 11.0. The Bertz CT molecular complexity index is 1280. The van der Waals surface area contributed by atoms with E-state index in [1.165, 1.54) is 50.6 Å². The fourth-order valence-electron chi connectivity index (χ4n) is 3.45. The lowest BCUT2D eigenvalue weighted by atomic mass is 10.0. The minimum absolute atomic E-state index is 0.130. The Hall–Kier alpha value is -4.93. The summed E-state index contributed by atoms with van der Waals surface area (Å²) in [6.07, 6.45) is 3.12. The molecule has 2 N–H and O–H groups in total. The van der Waals surface area contributed by atoms with Gasteiger partial charge in [0, 0.05) is 5.56 Å². The van der Waals surface area contributed by atoms with Gasteiger partial charge in [0.2, 0.25) is 0 Å². The third-order valence-corrected chi connectivity index (χ3v) is 5.04. The predicted molar refractivity (Wildman–Crippen MR) is 127 cm³/mol. The molecule has 1 fully saturated rings. The Morgan fingerprint density at radius 1 is 1.11 bits per heavy atom. The molecule has 1 heterocycles. The minimum atomic E-state index is -1.18. The molecule has 0 saturated carbocycles. The molecule has 2 aromatic rings. The van der Waals surface area contributed by atoms with E-state index >= 15 is 0 Å². The number of rotatable bonds is 9. The largest absolute Gasteiger partial charge is 0.493 e. The first-order valence-electron chi connectivity index (χ1n) is 10.5. The van der Waals surface area contributed by atoms with E-state index in [0.29, 0.717) is 11.1 Å². The van der Waals surface area contributed by atoms with Gasteiger partial charge < -0.3 is 19.3 Å². The lowest BCUT2D eigenvalue weighted by molar-refractivity contribution is -0.139. The number of carbonyl (C=O) groups is 5. The lowest BCUT2D eigenvalue weighted by Crippen LogP contribution is -2.54. The summed E-state index contributed by atoms with van der Waals surface area (Å²) in [7, 11) is 2.58. The molecule has 0 unspecified atom stereocenters. The summed E-state index contributed by atoms with van der Waals surface area (Å²) in [5.41, 5.74) is 0.876. The summed E-state index contributed by atoms with van der Waals surface area (Å²) in [6, 6.07) is 7.60. The van der Waals surface area contributed by atoms with Gasteiger partial charge in [-0.15, -0.1) is 6.58 Å². The summed E-state index contributed by atoms with van der Waals surface area (Å²) >= 11 is 0. The molecule has 1 saturated heterocycles. The van der Waals surface area contributed by atoms with Crippen molar-refractivity contribution in [2.45, 2.75) is 6.42 Å². The van der Waals surface area contributed by atoms with E-state index in [4.69, 9.17) is 14.6 Å². The average molecular weight is 494 g/mol. The first kappa shape index (κ1) is 25.7. The number of ether oxygens (including phenoxy) is 3. The average Bonchev–Trinajstić information content (AvgIpc) is 2.85. The van der Waals surface area contributed by atoms with E-state index in [-0.39, 0.29) is 34.7 Å². The molecule has 1 aliphatic heterocycles. The third kappa shape index (κ3) is 5.41. The maximum atomic E-state index is 13.2. The number of anilines is 1. The topological polar surface area (TPSA) is 149 Å². The zero-order valence-electron chi connectivity index (χ0n) is 19.4. The van der Waals surface area contributed by atoms with E-state index in [1.807, 2.05) is 0 Å². The third-order valence-electron chi connectivity index (χ3n) is 5.04. The number of carbonyl (C=O) groups excluding carboxylic acids is 4. The van der Waals surface area contributed by atoms with Crippen LogP contribution in [0.25, 0.3) is 6.08 Å². The normalized spacial score (nSPS) is 14.3. The van der Waals surface area contributed by atoms with Gasteiger partial charge in [-0.05, 0) is 54.5 Å². The summed E-state index contributed by atoms with van der Waals surface area (Å²) < 4.78 is 15.3. The number of amides is 4. The van der Waals surface area contributed by atoms with Crippen molar-refractivity contribution in [3.05, 3.63) is 71.3 Å². The van der Waals surface area contributed by atoms with Crippen LogP contribution >= 0.6 is 0 Å². The van der Waals surface area contributed by atoms with Crippen LogP contribution in [0, 0.1) is 0 Å². The molecule has 1 aliphatic rings. The second-order valence-corrected chi connectivity index (χ2v) is 7.38. The highest BCUT2D eigenvalue weighted by atomic mass is 16.5.